The smallest absolute Gasteiger partial charge is 0.422 e. The summed E-state index contributed by atoms with van der Waals surface area (Å²) < 4.78 is 12.0. The van der Waals surface area contributed by atoms with E-state index in [0.29, 0.717) is 0 Å². The number of halogens is 1. The molecule has 0 aliphatic carbocycles. The van der Waals surface area contributed by atoms with Gasteiger partial charge in [0.25, 0.3) is 0 Å². The third-order valence-corrected chi connectivity index (χ3v) is 0.905. The van der Waals surface area contributed by atoms with Gasteiger partial charge in [0, 0.05) is 6.20 Å². The highest BCUT2D eigenvalue weighted by molar-refractivity contribution is 6.57. The lowest BCUT2D eigenvalue weighted by molar-refractivity contribution is 0.423. The molecule has 0 aliphatic rings. The largest absolute Gasteiger partial charge is 0.509 e. The summed E-state index contributed by atoms with van der Waals surface area (Å²) in [6, 6.07) is 0. The third kappa shape index (κ3) is 1.49. The molecule has 0 atom stereocenters. The molecule has 0 aliphatic heterocycles. The zero-order valence-electron chi connectivity index (χ0n) is 4.90. The van der Waals surface area contributed by atoms with Crippen LogP contribution in [0.5, 0.6) is 0 Å². The lowest BCUT2D eigenvalue weighted by Crippen LogP contribution is -2.33. The first-order chi connectivity index (χ1) is 4.70. The Morgan fingerprint density at radius 3 is 2.40 bits per heavy atom. The molecular weight excluding hydrogens is 138 g/mol. The maximum atomic E-state index is 12.0. The summed E-state index contributed by atoms with van der Waals surface area (Å²) in [6.07, 6.45) is 1.77. The Morgan fingerprint density at radius 1 is 1.30 bits per heavy atom. The van der Waals surface area contributed by atoms with Crippen molar-refractivity contribution in [1.82, 2.24) is 9.97 Å². The Balaban J connectivity index is 2.89. The quantitative estimate of drug-likeness (QED) is 0.458. The van der Waals surface area contributed by atoms with Gasteiger partial charge in [-0.1, -0.05) is 0 Å². The first kappa shape index (κ1) is 7.11. The fraction of sp³-hybridized carbons (Fsp3) is 0. The van der Waals surface area contributed by atoms with E-state index in [1.54, 1.807) is 0 Å². The maximum Gasteiger partial charge on any atom is 0.509 e. The Bertz CT molecular complexity index is 215. The van der Waals surface area contributed by atoms with Crippen LogP contribution in [0.3, 0.4) is 0 Å². The standard InChI is InChI=1S/C4H4BFN2O2/c6-4-2-7-3(1-8-4)5(9)10/h1-2,9-10H. The molecule has 1 rings (SSSR count). The van der Waals surface area contributed by atoms with E-state index >= 15 is 0 Å². The van der Waals surface area contributed by atoms with Crippen molar-refractivity contribution < 1.29 is 14.4 Å². The monoisotopic (exact) mass is 142 g/mol. The van der Waals surface area contributed by atoms with Crippen LogP contribution in [0.1, 0.15) is 0 Å². The molecule has 0 unspecified atom stereocenters. The lowest BCUT2D eigenvalue weighted by atomic mass is 9.87. The van der Waals surface area contributed by atoms with Crippen LogP contribution >= 0.6 is 0 Å². The molecule has 1 aromatic heterocycles. The van der Waals surface area contributed by atoms with E-state index in [9.17, 15) is 4.39 Å². The molecule has 0 radical (unpaired) electrons. The van der Waals surface area contributed by atoms with Crippen molar-refractivity contribution >= 4 is 12.7 Å². The van der Waals surface area contributed by atoms with E-state index in [0.717, 1.165) is 12.4 Å². The van der Waals surface area contributed by atoms with Gasteiger partial charge in [0.2, 0.25) is 5.95 Å². The van der Waals surface area contributed by atoms with Crippen molar-refractivity contribution in [3.05, 3.63) is 18.3 Å². The summed E-state index contributed by atoms with van der Waals surface area (Å²) in [5.74, 6) is -0.746. The van der Waals surface area contributed by atoms with Gasteiger partial charge >= 0.3 is 7.12 Å². The molecule has 0 spiro atoms. The molecule has 0 aromatic carbocycles. The van der Waals surface area contributed by atoms with Gasteiger partial charge < -0.3 is 10.0 Å². The van der Waals surface area contributed by atoms with Gasteiger partial charge in [-0.3, -0.25) is 4.98 Å². The van der Waals surface area contributed by atoms with Gasteiger partial charge in [-0.15, -0.1) is 0 Å². The Kier molecular flexibility index (Phi) is 1.93. The molecule has 52 valence electrons. The van der Waals surface area contributed by atoms with Crippen LogP contribution in [-0.4, -0.2) is 27.1 Å². The van der Waals surface area contributed by atoms with Crippen LogP contribution in [0.25, 0.3) is 0 Å². The van der Waals surface area contributed by atoms with Crippen LogP contribution in [0.4, 0.5) is 4.39 Å². The molecule has 0 saturated heterocycles. The predicted molar refractivity (Wildman–Crippen MR) is 31.8 cm³/mol. The summed E-state index contributed by atoms with van der Waals surface area (Å²) in [4.78, 5) is 6.49. The predicted octanol–water partition coefficient (Wildman–Crippen LogP) is -1.70. The zero-order chi connectivity index (χ0) is 7.56. The molecule has 0 amide bonds. The SMILES string of the molecule is OB(O)c1cnc(F)cn1. The van der Waals surface area contributed by atoms with Gasteiger partial charge in [0.15, 0.2) is 0 Å². The summed E-state index contributed by atoms with van der Waals surface area (Å²) in [5.41, 5.74) is -0.0681. The molecule has 0 saturated carbocycles. The second-order valence-electron chi connectivity index (χ2n) is 1.64. The minimum atomic E-state index is -1.69. The summed E-state index contributed by atoms with van der Waals surface area (Å²) in [6.45, 7) is 0. The molecule has 0 fully saturated rings. The third-order valence-electron chi connectivity index (χ3n) is 0.905. The average Bonchev–Trinajstić information content (AvgIpc) is 1.88. The molecule has 6 heteroatoms. The van der Waals surface area contributed by atoms with Crippen LogP contribution in [-0.2, 0) is 0 Å². The Hall–Kier alpha value is -1.01. The van der Waals surface area contributed by atoms with Crippen LogP contribution in [0.2, 0.25) is 0 Å². The fourth-order valence-electron chi connectivity index (χ4n) is 0.456. The molecule has 2 N–H and O–H groups in total. The number of hydrogen-bond acceptors (Lipinski definition) is 4. The summed E-state index contributed by atoms with van der Waals surface area (Å²) in [5, 5.41) is 16.9. The first-order valence-electron chi connectivity index (χ1n) is 2.54. The highest BCUT2D eigenvalue weighted by atomic mass is 19.1. The van der Waals surface area contributed by atoms with Crippen molar-refractivity contribution in [2.75, 3.05) is 0 Å². The van der Waals surface area contributed by atoms with E-state index in [-0.39, 0.29) is 5.59 Å². The van der Waals surface area contributed by atoms with Gasteiger partial charge in [-0.2, -0.15) is 4.39 Å². The Morgan fingerprint density at radius 2 is 2.00 bits per heavy atom. The Labute approximate surface area is 56.5 Å². The van der Waals surface area contributed by atoms with Crippen molar-refractivity contribution in [1.29, 1.82) is 0 Å². The van der Waals surface area contributed by atoms with Gasteiger partial charge in [0.05, 0.1) is 11.8 Å². The van der Waals surface area contributed by atoms with E-state index in [1.807, 2.05) is 0 Å². The van der Waals surface area contributed by atoms with E-state index in [4.69, 9.17) is 10.0 Å². The van der Waals surface area contributed by atoms with Crippen LogP contribution < -0.4 is 5.59 Å². The lowest BCUT2D eigenvalue weighted by Gasteiger charge is -1.94. The van der Waals surface area contributed by atoms with E-state index in [1.165, 1.54) is 0 Å². The van der Waals surface area contributed by atoms with Crippen LogP contribution in [0.15, 0.2) is 12.4 Å². The van der Waals surface area contributed by atoms with Gasteiger partial charge in [-0.05, 0) is 0 Å². The molecule has 10 heavy (non-hydrogen) atoms. The minimum absolute atomic E-state index is 0.0681. The number of hydrogen-bond donors (Lipinski definition) is 2. The number of rotatable bonds is 1. The first-order valence-corrected chi connectivity index (χ1v) is 2.54. The highest BCUT2D eigenvalue weighted by Gasteiger charge is 2.12. The van der Waals surface area contributed by atoms with Crippen molar-refractivity contribution in [2.45, 2.75) is 0 Å². The summed E-state index contributed by atoms with van der Waals surface area (Å²) >= 11 is 0. The second-order valence-corrected chi connectivity index (χ2v) is 1.64. The van der Waals surface area contributed by atoms with Crippen molar-refractivity contribution in [3.63, 3.8) is 0 Å². The topological polar surface area (TPSA) is 66.2 Å². The van der Waals surface area contributed by atoms with E-state index < -0.39 is 13.1 Å². The summed E-state index contributed by atoms with van der Waals surface area (Å²) in [7, 11) is -1.69. The van der Waals surface area contributed by atoms with Crippen molar-refractivity contribution in [3.8, 4) is 0 Å². The molecule has 1 heterocycles. The molecule has 1 aromatic rings. The normalized spacial score (nSPS) is 9.50. The minimum Gasteiger partial charge on any atom is -0.422 e. The number of nitrogens with zero attached hydrogens (tertiary/aromatic N) is 2. The number of aromatic nitrogens is 2. The zero-order valence-corrected chi connectivity index (χ0v) is 4.90. The van der Waals surface area contributed by atoms with E-state index in [2.05, 4.69) is 9.97 Å². The van der Waals surface area contributed by atoms with Crippen molar-refractivity contribution in [2.24, 2.45) is 0 Å². The highest BCUT2D eigenvalue weighted by Crippen LogP contribution is 1.82. The average molecular weight is 142 g/mol. The molecular formula is C4H4BFN2O2. The molecule has 4 nitrogen and oxygen atoms in total. The molecule has 0 bridgehead atoms. The van der Waals surface area contributed by atoms with Crippen LogP contribution in [0, 0.1) is 5.95 Å². The second kappa shape index (κ2) is 2.72. The van der Waals surface area contributed by atoms with Gasteiger partial charge in [0.1, 0.15) is 0 Å². The fourth-order valence-corrected chi connectivity index (χ4v) is 0.456. The maximum absolute atomic E-state index is 12.0. The van der Waals surface area contributed by atoms with Gasteiger partial charge in [-0.25, -0.2) is 4.98 Å².